The average molecular weight is 346 g/mol. The molecule has 0 bridgehead atoms. The maximum Gasteiger partial charge on any atom is 0.225 e. The number of methoxy groups -OCH3 is 1. The van der Waals surface area contributed by atoms with E-state index in [-0.39, 0.29) is 36.3 Å². The fourth-order valence-corrected chi connectivity index (χ4v) is 3.48. The number of ether oxygens (including phenoxy) is 2. The number of carbonyl (C=O) groups is 2. The van der Waals surface area contributed by atoms with Crippen molar-refractivity contribution in [3.8, 4) is 5.75 Å². The SMILES string of the molecule is COc1ccc(CN2C[C@H](C(=O)N[C@@H](C)[C@@H]3CCCO3)CC2=O)cc1. The van der Waals surface area contributed by atoms with Crippen LogP contribution in [0.5, 0.6) is 5.75 Å². The average Bonchev–Trinajstić information content (AvgIpc) is 3.26. The number of amides is 2. The van der Waals surface area contributed by atoms with Crippen molar-refractivity contribution in [2.45, 2.75) is 44.9 Å². The zero-order chi connectivity index (χ0) is 17.8. The molecular formula is C19H26N2O4. The summed E-state index contributed by atoms with van der Waals surface area (Å²) in [5.74, 6) is 0.487. The second-order valence-corrected chi connectivity index (χ2v) is 6.87. The molecule has 2 aliphatic heterocycles. The van der Waals surface area contributed by atoms with Gasteiger partial charge in [-0.05, 0) is 37.5 Å². The molecule has 6 heteroatoms. The maximum absolute atomic E-state index is 12.5. The van der Waals surface area contributed by atoms with Crippen LogP contribution < -0.4 is 10.1 Å². The first-order chi connectivity index (χ1) is 12.1. The molecule has 2 amide bonds. The molecule has 0 saturated carbocycles. The van der Waals surface area contributed by atoms with E-state index in [9.17, 15) is 9.59 Å². The summed E-state index contributed by atoms with van der Waals surface area (Å²) < 4.78 is 10.8. The van der Waals surface area contributed by atoms with Crippen LogP contribution in [0.4, 0.5) is 0 Å². The lowest BCUT2D eigenvalue weighted by Crippen LogP contribution is -2.44. The van der Waals surface area contributed by atoms with Crippen LogP contribution in [0.25, 0.3) is 0 Å². The topological polar surface area (TPSA) is 67.9 Å². The van der Waals surface area contributed by atoms with Crippen molar-refractivity contribution in [1.29, 1.82) is 0 Å². The first-order valence-electron chi connectivity index (χ1n) is 8.89. The van der Waals surface area contributed by atoms with Crippen LogP contribution in [-0.4, -0.2) is 49.1 Å². The van der Waals surface area contributed by atoms with Gasteiger partial charge in [-0.1, -0.05) is 12.1 Å². The number of hydrogen-bond acceptors (Lipinski definition) is 4. The number of carbonyl (C=O) groups excluding carboxylic acids is 2. The Morgan fingerprint density at radius 1 is 1.40 bits per heavy atom. The number of hydrogen-bond donors (Lipinski definition) is 1. The third-order valence-electron chi connectivity index (χ3n) is 5.01. The Morgan fingerprint density at radius 2 is 2.16 bits per heavy atom. The van der Waals surface area contributed by atoms with Gasteiger partial charge in [-0.2, -0.15) is 0 Å². The van der Waals surface area contributed by atoms with Crippen molar-refractivity contribution in [3.05, 3.63) is 29.8 Å². The molecule has 1 N–H and O–H groups in total. The lowest BCUT2D eigenvalue weighted by atomic mass is 10.1. The van der Waals surface area contributed by atoms with Crippen molar-refractivity contribution in [2.75, 3.05) is 20.3 Å². The summed E-state index contributed by atoms with van der Waals surface area (Å²) in [6.07, 6.45) is 2.40. The molecule has 25 heavy (non-hydrogen) atoms. The molecule has 0 radical (unpaired) electrons. The van der Waals surface area contributed by atoms with Gasteiger partial charge in [0.05, 0.1) is 25.2 Å². The van der Waals surface area contributed by atoms with E-state index in [0.29, 0.717) is 13.1 Å². The van der Waals surface area contributed by atoms with E-state index in [1.54, 1.807) is 12.0 Å². The molecule has 1 aromatic carbocycles. The highest BCUT2D eigenvalue weighted by Crippen LogP contribution is 2.22. The highest BCUT2D eigenvalue weighted by Gasteiger charge is 2.35. The summed E-state index contributed by atoms with van der Waals surface area (Å²) in [7, 11) is 1.62. The van der Waals surface area contributed by atoms with Crippen LogP contribution in [0.1, 0.15) is 31.7 Å². The number of nitrogens with one attached hydrogen (secondary N) is 1. The van der Waals surface area contributed by atoms with E-state index < -0.39 is 0 Å². The number of likely N-dealkylation sites (tertiary alicyclic amines) is 1. The Labute approximate surface area is 148 Å². The molecule has 0 unspecified atom stereocenters. The van der Waals surface area contributed by atoms with Crippen molar-refractivity contribution in [1.82, 2.24) is 10.2 Å². The van der Waals surface area contributed by atoms with Crippen molar-refractivity contribution < 1.29 is 19.1 Å². The van der Waals surface area contributed by atoms with E-state index in [1.807, 2.05) is 31.2 Å². The molecule has 0 spiro atoms. The second-order valence-electron chi connectivity index (χ2n) is 6.87. The summed E-state index contributed by atoms with van der Waals surface area (Å²) in [6.45, 7) is 3.73. The van der Waals surface area contributed by atoms with Crippen LogP contribution in [0.2, 0.25) is 0 Å². The van der Waals surface area contributed by atoms with Crippen LogP contribution in [-0.2, 0) is 20.9 Å². The monoisotopic (exact) mass is 346 g/mol. The van der Waals surface area contributed by atoms with Gasteiger partial charge in [0.25, 0.3) is 0 Å². The number of rotatable bonds is 6. The Balaban J connectivity index is 1.53. The van der Waals surface area contributed by atoms with Gasteiger partial charge in [-0.25, -0.2) is 0 Å². The smallest absolute Gasteiger partial charge is 0.225 e. The molecular weight excluding hydrogens is 320 g/mol. The minimum atomic E-state index is -0.283. The molecule has 2 heterocycles. The minimum Gasteiger partial charge on any atom is -0.497 e. The lowest BCUT2D eigenvalue weighted by Gasteiger charge is -2.22. The molecule has 2 saturated heterocycles. The van der Waals surface area contributed by atoms with Crippen molar-refractivity contribution >= 4 is 11.8 Å². The molecule has 3 atom stereocenters. The Morgan fingerprint density at radius 3 is 2.80 bits per heavy atom. The van der Waals surface area contributed by atoms with Gasteiger partial charge in [0.1, 0.15) is 5.75 Å². The molecule has 2 aliphatic rings. The summed E-state index contributed by atoms with van der Waals surface area (Å²) in [4.78, 5) is 26.5. The predicted molar refractivity (Wildman–Crippen MR) is 93.1 cm³/mol. The van der Waals surface area contributed by atoms with E-state index in [2.05, 4.69) is 5.32 Å². The van der Waals surface area contributed by atoms with Gasteiger partial charge in [0.15, 0.2) is 0 Å². The third kappa shape index (κ3) is 4.31. The van der Waals surface area contributed by atoms with Crippen molar-refractivity contribution in [3.63, 3.8) is 0 Å². The quantitative estimate of drug-likeness (QED) is 0.852. The van der Waals surface area contributed by atoms with Crippen LogP contribution in [0.15, 0.2) is 24.3 Å². The summed E-state index contributed by atoms with van der Waals surface area (Å²) in [5.41, 5.74) is 1.03. The van der Waals surface area contributed by atoms with Gasteiger partial charge in [-0.3, -0.25) is 9.59 Å². The Bertz CT molecular complexity index is 610. The normalized spacial score (nSPS) is 24.4. The van der Waals surface area contributed by atoms with Crippen LogP contribution in [0.3, 0.4) is 0 Å². The first-order valence-corrected chi connectivity index (χ1v) is 8.89. The van der Waals surface area contributed by atoms with E-state index >= 15 is 0 Å². The summed E-state index contributed by atoms with van der Waals surface area (Å²) in [6, 6.07) is 7.63. The van der Waals surface area contributed by atoms with E-state index in [1.165, 1.54) is 0 Å². The molecule has 0 aromatic heterocycles. The maximum atomic E-state index is 12.5. The number of benzene rings is 1. The highest BCUT2D eigenvalue weighted by atomic mass is 16.5. The minimum absolute atomic E-state index is 0.0132. The van der Waals surface area contributed by atoms with Gasteiger partial charge in [0.2, 0.25) is 11.8 Å². The third-order valence-corrected chi connectivity index (χ3v) is 5.01. The largest absolute Gasteiger partial charge is 0.497 e. The van der Waals surface area contributed by atoms with Crippen LogP contribution in [0, 0.1) is 5.92 Å². The van der Waals surface area contributed by atoms with Gasteiger partial charge >= 0.3 is 0 Å². The van der Waals surface area contributed by atoms with Gasteiger partial charge < -0.3 is 19.7 Å². The zero-order valence-electron chi connectivity index (χ0n) is 14.9. The lowest BCUT2D eigenvalue weighted by molar-refractivity contribution is -0.129. The molecule has 1 aromatic rings. The zero-order valence-corrected chi connectivity index (χ0v) is 14.9. The fraction of sp³-hybridized carbons (Fsp3) is 0.579. The van der Waals surface area contributed by atoms with Crippen molar-refractivity contribution in [2.24, 2.45) is 5.92 Å². The van der Waals surface area contributed by atoms with E-state index in [0.717, 1.165) is 30.8 Å². The van der Waals surface area contributed by atoms with Gasteiger partial charge in [0, 0.05) is 26.1 Å². The van der Waals surface area contributed by atoms with Gasteiger partial charge in [-0.15, -0.1) is 0 Å². The molecule has 6 nitrogen and oxygen atoms in total. The molecule has 3 rings (SSSR count). The van der Waals surface area contributed by atoms with Crippen LogP contribution >= 0.6 is 0 Å². The molecule has 2 fully saturated rings. The summed E-state index contributed by atoms with van der Waals surface area (Å²) in [5, 5.41) is 3.02. The molecule has 136 valence electrons. The first kappa shape index (κ1) is 17.7. The fourth-order valence-electron chi connectivity index (χ4n) is 3.48. The number of nitrogens with zero attached hydrogens (tertiary/aromatic N) is 1. The summed E-state index contributed by atoms with van der Waals surface area (Å²) >= 11 is 0. The molecule has 0 aliphatic carbocycles. The highest BCUT2D eigenvalue weighted by molar-refractivity contribution is 5.89. The standard InChI is InChI=1S/C19H26N2O4/c1-13(17-4-3-9-25-17)20-19(23)15-10-18(22)21(12-15)11-14-5-7-16(24-2)8-6-14/h5-8,13,15,17H,3-4,9-12H2,1-2H3,(H,20,23)/t13-,15+,17-/m0/s1. The predicted octanol–water partition coefficient (Wildman–Crippen LogP) is 1.73. The Kier molecular flexibility index (Phi) is 5.58. The second kappa shape index (κ2) is 7.87. The Hall–Kier alpha value is -2.08. The van der Waals surface area contributed by atoms with E-state index in [4.69, 9.17) is 9.47 Å².